The van der Waals surface area contributed by atoms with Gasteiger partial charge in [-0.3, -0.25) is 4.79 Å². The minimum atomic E-state index is -1.10. The number of hydrogen-bond acceptors (Lipinski definition) is 2. The number of nitrogens with one attached hydrogen (secondary N) is 1. The Balaban J connectivity index is 4.06. The lowest BCUT2D eigenvalue weighted by Crippen LogP contribution is -2.33. The maximum absolute atomic E-state index is 11.3. The highest BCUT2D eigenvalue weighted by Gasteiger charge is 2.08. The average molecular weight is 227 g/mol. The maximum atomic E-state index is 11.3. The fourth-order valence-corrected chi connectivity index (χ4v) is 1.48. The monoisotopic (exact) mass is 227 g/mol. The van der Waals surface area contributed by atoms with Crippen LogP contribution in [0.5, 0.6) is 0 Å². The molecule has 1 atom stereocenters. The third-order valence-electron chi connectivity index (χ3n) is 2.27. The van der Waals surface area contributed by atoms with Crippen LogP contribution < -0.4 is 5.32 Å². The lowest BCUT2D eigenvalue weighted by Gasteiger charge is -2.16. The van der Waals surface area contributed by atoms with E-state index in [1.165, 1.54) is 0 Å². The standard InChI is InChI=1S/C12H21NO3/c1-3-5-7-10(6-4-2)13-11(14)8-9-12(15)16/h8-10H,3-7H2,1-2H3,(H,13,14)(H,15,16)/b9-8+. The number of hydrogen-bond donors (Lipinski definition) is 2. The van der Waals surface area contributed by atoms with Crippen LogP contribution in [0, 0.1) is 0 Å². The minimum Gasteiger partial charge on any atom is -0.478 e. The van der Waals surface area contributed by atoms with Crippen LogP contribution in [0.4, 0.5) is 0 Å². The van der Waals surface area contributed by atoms with Gasteiger partial charge < -0.3 is 10.4 Å². The van der Waals surface area contributed by atoms with Gasteiger partial charge in [-0.2, -0.15) is 0 Å². The van der Waals surface area contributed by atoms with E-state index in [0.29, 0.717) is 0 Å². The van der Waals surface area contributed by atoms with E-state index >= 15 is 0 Å². The van der Waals surface area contributed by atoms with E-state index in [2.05, 4.69) is 19.2 Å². The van der Waals surface area contributed by atoms with Crippen LogP contribution >= 0.6 is 0 Å². The largest absolute Gasteiger partial charge is 0.478 e. The molecule has 0 bridgehead atoms. The fourth-order valence-electron chi connectivity index (χ4n) is 1.48. The predicted molar refractivity (Wildman–Crippen MR) is 63.1 cm³/mol. The summed E-state index contributed by atoms with van der Waals surface area (Å²) < 4.78 is 0. The second-order valence-corrected chi connectivity index (χ2v) is 3.81. The third-order valence-corrected chi connectivity index (χ3v) is 2.27. The summed E-state index contributed by atoms with van der Waals surface area (Å²) in [5.74, 6) is -1.42. The molecule has 0 fully saturated rings. The first-order chi connectivity index (χ1) is 7.60. The van der Waals surface area contributed by atoms with Crippen LogP contribution in [-0.4, -0.2) is 23.0 Å². The molecule has 0 saturated carbocycles. The van der Waals surface area contributed by atoms with Crippen LogP contribution in [0.3, 0.4) is 0 Å². The molecule has 0 aliphatic carbocycles. The van der Waals surface area contributed by atoms with Gasteiger partial charge in [0.15, 0.2) is 0 Å². The van der Waals surface area contributed by atoms with Crippen LogP contribution in [0.15, 0.2) is 12.2 Å². The van der Waals surface area contributed by atoms with Gasteiger partial charge >= 0.3 is 5.97 Å². The summed E-state index contributed by atoms with van der Waals surface area (Å²) in [4.78, 5) is 21.6. The van der Waals surface area contributed by atoms with Crippen molar-refractivity contribution in [2.75, 3.05) is 0 Å². The fraction of sp³-hybridized carbons (Fsp3) is 0.667. The van der Waals surface area contributed by atoms with Gasteiger partial charge in [-0.05, 0) is 12.8 Å². The molecular weight excluding hydrogens is 206 g/mol. The Morgan fingerprint density at radius 1 is 1.19 bits per heavy atom. The molecule has 0 heterocycles. The Bertz CT molecular complexity index is 249. The number of unbranched alkanes of at least 4 members (excludes halogenated alkanes) is 1. The summed E-state index contributed by atoms with van der Waals surface area (Å²) in [6.07, 6.45) is 7.00. The molecule has 0 aromatic carbocycles. The third kappa shape index (κ3) is 8.03. The van der Waals surface area contributed by atoms with Crippen molar-refractivity contribution in [1.29, 1.82) is 0 Å². The van der Waals surface area contributed by atoms with Gasteiger partial charge in [-0.25, -0.2) is 4.79 Å². The number of carbonyl (C=O) groups excluding carboxylic acids is 1. The van der Waals surface area contributed by atoms with Gasteiger partial charge in [0.2, 0.25) is 5.91 Å². The molecule has 0 aromatic rings. The number of rotatable bonds is 8. The molecule has 2 N–H and O–H groups in total. The molecule has 16 heavy (non-hydrogen) atoms. The zero-order chi connectivity index (χ0) is 12.4. The predicted octanol–water partition coefficient (Wildman–Crippen LogP) is 2.10. The number of amides is 1. The quantitative estimate of drug-likeness (QED) is 0.624. The van der Waals surface area contributed by atoms with E-state index in [4.69, 9.17) is 5.11 Å². The van der Waals surface area contributed by atoms with Crippen molar-refractivity contribution in [3.05, 3.63) is 12.2 Å². The van der Waals surface area contributed by atoms with Gasteiger partial charge in [-0.15, -0.1) is 0 Å². The van der Waals surface area contributed by atoms with Crippen LogP contribution in [0.2, 0.25) is 0 Å². The summed E-state index contributed by atoms with van der Waals surface area (Å²) in [5, 5.41) is 11.2. The van der Waals surface area contributed by atoms with Crippen molar-refractivity contribution < 1.29 is 14.7 Å². The van der Waals surface area contributed by atoms with Crippen molar-refractivity contribution in [3.8, 4) is 0 Å². The van der Waals surface area contributed by atoms with E-state index in [9.17, 15) is 9.59 Å². The Kier molecular flexibility index (Phi) is 8.21. The maximum Gasteiger partial charge on any atom is 0.328 e. The van der Waals surface area contributed by atoms with E-state index in [0.717, 1.165) is 44.3 Å². The normalized spacial score (nSPS) is 12.6. The van der Waals surface area contributed by atoms with Gasteiger partial charge in [-0.1, -0.05) is 33.1 Å². The van der Waals surface area contributed by atoms with E-state index in [1.54, 1.807) is 0 Å². The molecule has 0 aromatic heterocycles. The number of carbonyl (C=O) groups is 2. The molecule has 92 valence electrons. The topological polar surface area (TPSA) is 66.4 Å². The van der Waals surface area contributed by atoms with Gasteiger partial charge in [0.1, 0.15) is 0 Å². The summed E-state index contributed by atoms with van der Waals surface area (Å²) in [6.45, 7) is 4.17. The molecule has 1 unspecified atom stereocenters. The minimum absolute atomic E-state index is 0.163. The Hall–Kier alpha value is -1.32. The molecule has 0 rings (SSSR count). The van der Waals surface area contributed by atoms with E-state index in [1.807, 2.05) is 0 Å². The molecule has 4 heteroatoms. The van der Waals surface area contributed by atoms with Crippen molar-refractivity contribution >= 4 is 11.9 Å². The Labute approximate surface area is 96.7 Å². The first kappa shape index (κ1) is 14.7. The summed E-state index contributed by atoms with van der Waals surface area (Å²) in [7, 11) is 0. The van der Waals surface area contributed by atoms with Crippen molar-refractivity contribution in [2.45, 2.75) is 52.0 Å². The smallest absolute Gasteiger partial charge is 0.328 e. The SMILES string of the molecule is CCCCC(CCC)NC(=O)/C=C/C(=O)O. The summed E-state index contributed by atoms with van der Waals surface area (Å²) in [5.41, 5.74) is 0. The molecule has 0 aliphatic heterocycles. The van der Waals surface area contributed by atoms with Crippen LogP contribution in [0.1, 0.15) is 46.0 Å². The number of carboxylic acids is 1. The molecule has 0 saturated heterocycles. The van der Waals surface area contributed by atoms with Gasteiger partial charge in [0.05, 0.1) is 0 Å². The first-order valence-corrected chi connectivity index (χ1v) is 5.81. The van der Waals surface area contributed by atoms with Crippen molar-refractivity contribution in [3.63, 3.8) is 0 Å². The molecular formula is C12H21NO3. The van der Waals surface area contributed by atoms with Gasteiger partial charge in [0.25, 0.3) is 0 Å². The van der Waals surface area contributed by atoms with Crippen molar-refractivity contribution in [1.82, 2.24) is 5.32 Å². The molecule has 1 amide bonds. The Morgan fingerprint density at radius 3 is 2.38 bits per heavy atom. The molecule has 0 aliphatic rings. The zero-order valence-corrected chi connectivity index (χ0v) is 10.0. The van der Waals surface area contributed by atoms with Crippen molar-refractivity contribution in [2.24, 2.45) is 0 Å². The lowest BCUT2D eigenvalue weighted by atomic mass is 10.1. The summed E-state index contributed by atoms with van der Waals surface area (Å²) in [6, 6.07) is 0.163. The zero-order valence-electron chi connectivity index (χ0n) is 10.0. The second-order valence-electron chi connectivity index (χ2n) is 3.81. The van der Waals surface area contributed by atoms with Gasteiger partial charge in [0, 0.05) is 18.2 Å². The highest BCUT2D eigenvalue weighted by molar-refractivity contribution is 5.93. The number of aliphatic carboxylic acids is 1. The molecule has 0 radical (unpaired) electrons. The van der Waals surface area contributed by atoms with Crippen LogP contribution in [-0.2, 0) is 9.59 Å². The average Bonchev–Trinajstić information content (AvgIpc) is 2.23. The Morgan fingerprint density at radius 2 is 1.88 bits per heavy atom. The first-order valence-electron chi connectivity index (χ1n) is 5.81. The highest BCUT2D eigenvalue weighted by atomic mass is 16.4. The molecule has 4 nitrogen and oxygen atoms in total. The highest BCUT2D eigenvalue weighted by Crippen LogP contribution is 2.06. The number of carboxylic acid groups (broad SMARTS) is 1. The second kappa shape index (κ2) is 8.95. The lowest BCUT2D eigenvalue weighted by molar-refractivity contribution is -0.131. The van der Waals surface area contributed by atoms with E-state index in [-0.39, 0.29) is 11.9 Å². The summed E-state index contributed by atoms with van der Waals surface area (Å²) >= 11 is 0. The van der Waals surface area contributed by atoms with Crippen LogP contribution in [0.25, 0.3) is 0 Å². The van der Waals surface area contributed by atoms with E-state index < -0.39 is 5.97 Å². The molecule has 0 spiro atoms.